The lowest BCUT2D eigenvalue weighted by Gasteiger charge is -2.29. The Labute approximate surface area is 120 Å². The average Bonchev–Trinajstić information content (AvgIpc) is 2.39. The number of Topliss-reactive ketones (excluding diaryl/α,β-unsaturated/α-hetero) is 1. The Hall–Kier alpha value is -1.42. The van der Waals surface area contributed by atoms with Crippen molar-refractivity contribution in [3.63, 3.8) is 0 Å². The third-order valence-electron chi connectivity index (χ3n) is 3.84. The van der Waals surface area contributed by atoms with Gasteiger partial charge >= 0.3 is 0 Å². The third-order valence-corrected chi connectivity index (χ3v) is 6.23. The van der Waals surface area contributed by atoms with Gasteiger partial charge in [-0.25, -0.2) is 8.42 Å². The summed E-state index contributed by atoms with van der Waals surface area (Å²) in [4.78, 5) is 12.0. The molecule has 2 rings (SSSR count). The first kappa shape index (κ1) is 15.0. The summed E-state index contributed by atoms with van der Waals surface area (Å²) < 4.78 is 25.6. The van der Waals surface area contributed by atoms with Gasteiger partial charge < -0.3 is 0 Å². The molecule has 0 aromatic heterocycles. The molecule has 0 unspecified atom stereocenters. The van der Waals surface area contributed by atoms with E-state index in [-0.39, 0.29) is 11.7 Å². The highest BCUT2D eigenvalue weighted by molar-refractivity contribution is 7.92. The maximum absolute atomic E-state index is 12.8. The fraction of sp³-hybridized carbons (Fsp3) is 0.438. The Morgan fingerprint density at radius 3 is 2.50 bits per heavy atom. The van der Waals surface area contributed by atoms with Crippen LogP contribution in [0, 0.1) is 5.92 Å². The van der Waals surface area contributed by atoms with Gasteiger partial charge in [0.05, 0.1) is 10.1 Å². The molecule has 1 saturated carbocycles. The van der Waals surface area contributed by atoms with Gasteiger partial charge in [0.2, 0.25) is 0 Å². The Balaban J connectivity index is 2.38. The molecule has 3 nitrogen and oxygen atoms in total. The molecule has 1 fully saturated rings. The highest BCUT2D eigenvalue weighted by atomic mass is 32.2. The fourth-order valence-electron chi connectivity index (χ4n) is 2.99. The molecule has 1 aromatic carbocycles. The van der Waals surface area contributed by atoms with Crippen LogP contribution in [0.5, 0.6) is 0 Å². The number of rotatable bonds is 4. The summed E-state index contributed by atoms with van der Waals surface area (Å²) in [7, 11) is -3.48. The zero-order valence-electron chi connectivity index (χ0n) is 11.7. The lowest BCUT2D eigenvalue weighted by Crippen LogP contribution is -2.34. The van der Waals surface area contributed by atoms with Crippen molar-refractivity contribution >= 4 is 15.6 Å². The molecule has 0 heterocycles. The maximum atomic E-state index is 12.8. The molecule has 20 heavy (non-hydrogen) atoms. The summed E-state index contributed by atoms with van der Waals surface area (Å²) in [6.07, 6.45) is 2.47. The topological polar surface area (TPSA) is 51.2 Å². The maximum Gasteiger partial charge on any atom is 0.185 e. The number of hydrogen-bond acceptors (Lipinski definition) is 3. The van der Waals surface area contributed by atoms with E-state index in [1.54, 1.807) is 37.3 Å². The predicted molar refractivity (Wildman–Crippen MR) is 79.2 cm³/mol. The molecule has 0 amide bonds. The summed E-state index contributed by atoms with van der Waals surface area (Å²) in [5, 5.41) is -0.658. The summed E-state index contributed by atoms with van der Waals surface area (Å²) in [6, 6.07) is 8.44. The molecule has 0 radical (unpaired) electrons. The first-order valence-corrected chi connectivity index (χ1v) is 8.43. The number of hydrogen-bond donors (Lipinski definition) is 0. The Kier molecular flexibility index (Phi) is 4.43. The van der Waals surface area contributed by atoms with E-state index >= 15 is 0 Å². The second-order valence-corrected chi connectivity index (χ2v) is 7.59. The van der Waals surface area contributed by atoms with Crippen molar-refractivity contribution in [2.45, 2.75) is 42.8 Å². The van der Waals surface area contributed by atoms with E-state index in [1.807, 2.05) is 0 Å². The van der Waals surface area contributed by atoms with E-state index in [1.165, 1.54) is 0 Å². The fourth-order valence-corrected chi connectivity index (χ4v) is 5.09. The van der Waals surface area contributed by atoms with Gasteiger partial charge in [-0.1, -0.05) is 30.4 Å². The zero-order valence-corrected chi connectivity index (χ0v) is 12.5. The first-order chi connectivity index (χ1) is 9.43. The molecule has 4 heteroatoms. The Morgan fingerprint density at radius 1 is 1.30 bits per heavy atom. The van der Waals surface area contributed by atoms with Crippen LogP contribution >= 0.6 is 0 Å². The molecular formula is C16H20O3S. The van der Waals surface area contributed by atoms with Gasteiger partial charge in [-0.15, -0.1) is 0 Å². The van der Waals surface area contributed by atoms with Gasteiger partial charge in [0.15, 0.2) is 9.84 Å². The molecule has 0 spiro atoms. The van der Waals surface area contributed by atoms with Crippen LogP contribution in [0.1, 0.15) is 32.6 Å². The highest BCUT2D eigenvalue weighted by Crippen LogP contribution is 2.34. The van der Waals surface area contributed by atoms with Crippen molar-refractivity contribution < 1.29 is 13.2 Å². The zero-order chi connectivity index (χ0) is 14.8. The second kappa shape index (κ2) is 5.92. The van der Waals surface area contributed by atoms with Crippen LogP contribution in [0.25, 0.3) is 0 Å². The summed E-state index contributed by atoms with van der Waals surface area (Å²) in [5.74, 6) is 0.0229. The highest BCUT2D eigenvalue weighted by Gasteiger charge is 2.37. The van der Waals surface area contributed by atoms with Gasteiger partial charge in [0.25, 0.3) is 0 Å². The first-order valence-electron chi connectivity index (χ1n) is 6.89. The van der Waals surface area contributed by atoms with E-state index in [0.29, 0.717) is 23.3 Å². The number of sulfone groups is 1. The van der Waals surface area contributed by atoms with Crippen LogP contribution in [0.15, 0.2) is 47.4 Å². The molecule has 1 aromatic rings. The van der Waals surface area contributed by atoms with E-state index in [0.717, 1.165) is 12.8 Å². The third kappa shape index (κ3) is 3.01. The number of ketones is 1. The van der Waals surface area contributed by atoms with Crippen LogP contribution in [0.3, 0.4) is 0 Å². The largest absolute Gasteiger partial charge is 0.300 e. The molecule has 1 aliphatic carbocycles. The van der Waals surface area contributed by atoms with Gasteiger partial charge in [0, 0.05) is 12.8 Å². The normalized spacial score (nSPS) is 21.4. The van der Waals surface area contributed by atoms with Gasteiger partial charge in [-0.2, -0.15) is 0 Å². The van der Waals surface area contributed by atoms with Gasteiger partial charge in [-0.05, 0) is 37.8 Å². The minimum Gasteiger partial charge on any atom is -0.300 e. The Bertz CT molecular complexity index is 602. The molecule has 2 atom stereocenters. The van der Waals surface area contributed by atoms with Crippen molar-refractivity contribution in [1.29, 1.82) is 0 Å². The lowest BCUT2D eigenvalue weighted by molar-refractivity contribution is -0.121. The minimum atomic E-state index is -3.48. The van der Waals surface area contributed by atoms with Crippen LogP contribution in [0.2, 0.25) is 0 Å². The van der Waals surface area contributed by atoms with Crippen molar-refractivity contribution in [1.82, 2.24) is 0 Å². The van der Waals surface area contributed by atoms with Crippen LogP contribution in [-0.2, 0) is 14.6 Å². The van der Waals surface area contributed by atoms with Crippen molar-refractivity contribution in [2.75, 3.05) is 0 Å². The van der Waals surface area contributed by atoms with Gasteiger partial charge in [-0.3, -0.25) is 4.79 Å². The summed E-state index contributed by atoms with van der Waals surface area (Å²) in [5.41, 5.74) is 0.619. The van der Waals surface area contributed by atoms with E-state index in [2.05, 4.69) is 6.58 Å². The number of carbonyl (C=O) groups excluding carboxylic acids is 1. The van der Waals surface area contributed by atoms with E-state index in [9.17, 15) is 13.2 Å². The molecule has 0 bridgehead atoms. The molecule has 1 aliphatic rings. The smallest absolute Gasteiger partial charge is 0.185 e. The molecular weight excluding hydrogens is 272 g/mol. The lowest BCUT2D eigenvalue weighted by atomic mass is 9.84. The van der Waals surface area contributed by atoms with Crippen molar-refractivity contribution in [2.24, 2.45) is 5.92 Å². The second-order valence-electron chi connectivity index (χ2n) is 5.52. The summed E-state index contributed by atoms with van der Waals surface area (Å²) in [6.45, 7) is 5.60. The standard InChI is InChI=1S/C16H20O3S/c1-12(2)16(13-7-6-8-14(17)11-13)20(18,19)15-9-4-3-5-10-15/h3-5,9-10,13,16H,1,6-8,11H2,2H3/t13-,16+/m0/s1. The van der Waals surface area contributed by atoms with Crippen molar-refractivity contribution in [3.8, 4) is 0 Å². The predicted octanol–water partition coefficient (Wildman–Crippen LogP) is 3.16. The van der Waals surface area contributed by atoms with Crippen LogP contribution in [-0.4, -0.2) is 19.5 Å². The van der Waals surface area contributed by atoms with E-state index < -0.39 is 15.1 Å². The Morgan fingerprint density at radius 2 is 1.95 bits per heavy atom. The van der Waals surface area contributed by atoms with E-state index in [4.69, 9.17) is 0 Å². The minimum absolute atomic E-state index is 0.140. The SMILES string of the molecule is C=C(C)[C@H]([C@H]1CCCC(=O)C1)S(=O)(=O)c1ccccc1. The average molecular weight is 292 g/mol. The number of carbonyl (C=O) groups is 1. The monoisotopic (exact) mass is 292 g/mol. The molecule has 108 valence electrons. The summed E-state index contributed by atoms with van der Waals surface area (Å²) >= 11 is 0. The van der Waals surface area contributed by atoms with Gasteiger partial charge in [0.1, 0.15) is 5.78 Å². The number of benzene rings is 1. The molecule has 0 aliphatic heterocycles. The van der Waals surface area contributed by atoms with Crippen LogP contribution in [0.4, 0.5) is 0 Å². The van der Waals surface area contributed by atoms with Crippen molar-refractivity contribution in [3.05, 3.63) is 42.5 Å². The molecule has 0 N–H and O–H groups in total. The van der Waals surface area contributed by atoms with Crippen LogP contribution < -0.4 is 0 Å². The quantitative estimate of drug-likeness (QED) is 0.801. The molecule has 0 saturated heterocycles.